The molecule has 1 N–H and O–H groups in total. The van der Waals surface area contributed by atoms with Crippen LogP contribution in [0.15, 0.2) is 18.2 Å². The molecule has 0 aliphatic carbocycles. The Labute approximate surface area is 88.4 Å². The molecule has 0 radical (unpaired) electrons. The van der Waals surface area contributed by atoms with Crippen molar-refractivity contribution in [3.8, 4) is 11.5 Å². The van der Waals surface area contributed by atoms with E-state index in [1.54, 1.807) is 18.2 Å². The molecule has 1 aromatic rings. The van der Waals surface area contributed by atoms with E-state index in [2.05, 4.69) is 0 Å². The van der Waals surface area contributed by atoms with E-state index in [9.17, 15) is 4.79 Å². The molecular formula is C11H14O4. The van der Waals surface area contributed by atoms with Crippen LogP contribution in [0.25, 0.3) is 0 Å². The molecular weight excluding hydrogens is 196 g/mol. The van der Waals surface area contributed by atoms with Crippen LogP contribution in [0, 0.1) is 0 Å². The average Bonchev–Trinajstić information content (AvgIpc) is 2.28. The summed E-state index contributed by atoms with van der Waals surface area (Å²) in [6.45, 7) is -0.146. The van der Waals surface area contributed by atoms with Crippen molar-refractivity contribution in [1.29, 1.82) is 0 Å². The van der Waals surface area contributed by atoms with Gasteiger partial charge in [0.1, 0.15) is 0 Å². The Kier molecular flexibility index (Phi) is 4.12. The largest absolute Gasteiger partial charge is 0.493 e. The van der Waals surface area contributed by atoms with E-state index in [4.69, 9.17) is 14.6 Å². The highest BCUT2D eigenvalue weighted by atomic mass is 16.5. The molecule has 0 aliphatic rings. The van der Waals surface area contributed by atoms with E-state index in [-0.39, 0.29) is 18.8 Å². The van der Waals surface area contributed by atoms with Crippen molar-refractivity contribution in [1.82, 2.24) is 0 Å². The zero-order valence-corrected chi connectivity index (χ0v) is 8.82. The van der Waals surface area contributed by atoms with Gasteiger partial charge in [-0.15, -0.1) is 0 Å². The fourth-order valence-corrected chi connectivity index (χ4v) is 1.26. The molecule has 0 atom stereocenters. The quantitative estimate of drug-likeness (QED) is 0.743. The average molecular weight is 210 g/mol. The van der Waals surface area contributed by atoms with Crippen LogP contribution in [-0.4, -0.2) is 31.7 Å². The van der Waals surface area contributed by atoms with E-state index < -0.39 is 0 Å². The molecule has 1 rings (SSSR count). The summed E-state index contributed by atoms with van der Waals surface area (Å²) in [6.07, 6.45) is 0.121. The van der Waals surface area contributed by atoms with E-state index >= 15 is 0 Å². The van der Waals surface area contributed by atoms with Crippen LogP contribution in [0.5, 0.6) is 11.5 Å². The van der Waals surface area contributed by atoms with E-state index in [0.29, 0.717) is 17.1 Å². The second-order valence-corrected chi connectivity index (χ2v) is 2.97. The number of ether oxygens (including phenoxy) is 2. The minimum Gasteiger partial charge on any atom is -0.493 e. The number of carbonyl (C=O) groups excluding carboxylic acids is 1. The fraction of sp³-hybridized carbons (Fsp3) is 0.364. The molecule has 82 valence electrons. The van der Waals surface area contributed by atoms with Crippen molar-refractivity contribution < 1.29 is 19.4 Å². The Morgan fingerprint density at radius 3 is 2.47 bits per heavy atom. The van der Waals surface area contributed by atoms with Gasteiger partial charge in [0.2, 0.25) is 0 Å². The summed E-state index contributed by atoms with van der Waals surface area (Å²) >= 11 is 0. The van der Waals surface area contributed by atoms with Gasteiger partial charge in [0.25, 0.3) is 0 Å². The molecule has 0 saturated heterocycles. The minimum atomic E-state index is -0.146. The molecule has 0 heterocycles. The Hall–Kier alpha value is -1.55. The topological polar surface area (TPSA) is 55.8 Å². The smallest absolute Gasteiger partial charge is 0.165 e. The Balaban J connectivity index is 2.97. The van der Waals surface area contributed by atoms with Crippen LogP contribution in [-0.2, 0) is 0 Å². The monoisotopic (exact) mass is 210 g/mol. The summed E-state index contributed by atoms with van der Waals surface area (Å²) < 4.78 is 10.1. The van der Waals surface area contributed by atoms with Gasteiger partial charge in [-0.3, -0.25) is 4.79 Å². The van der Waals surface area contributed by atoms with Gasteiger partial charge in [-0.1, -0.05) is 0 Å². The highest BCUT2D eigenvalue weighted by Gasteiger charge is 2.09. The van der Waals surface area contributed by atoms with Crippen molar-refractivity contribution in [2.75, 3.05) is 20.8 Å². The number of ketones is 1. The first kappa shape index (κ1) is 11.5. The third-order valence-corrected chi connectivity index (χ3v) is 2.04. The number of Topliss-reactive ketones (excluding diaryl/α,β-unsaturated/α-hetero) is 1. The second kappa shape index (κ2) is 5.36. The first-order chi connectivity index (χ1) is 7.22. The maximum absolute atomic E-state index is 11.5. The lowest BCUT2D eigenvalue weighted by Gasteiger charge is -2.08. The molecule has 0 fully saturated rings. The van der Waals surface area contributed by atoms with E-state index in [0.717, 1.165) is 0 Å². The Morgan fingerprint density at radius 2 is 1.93 bits per heavy atom. The van der Waals surface area contributed by atoms with Crippen molar-refractivity contribution in [2.24, 2.45) is 0 Å². The maximum atomic E-state index is 11.5. The summed E-state index contributed by atoms with van der Waals surface area (Å²) in [5.74, 6) is 0.984. The van der Waals surface area contributed by atoms with Crippen LogP contribution in [0.3, 0.4) is 0 Å². The summed E-state index contributed by atoms with van der Waals surface area (Å²) in [4.78, 5) is 11.5. The molecule has 4 heteroatoms. The van der Waals surface area contributed by atoms with E-state index in [1.165, 1.54) is 14.2 Å². The highest BCUT2D eigenvalue weighted by Crippen LogP contribution is 2.27. The lowest BCUT2D eigenvalue weighted by atomic mass is 10.1. The van der Waals surface area contributed by atoms with Crippen LogP contribution in [0.1, 0.15) is 16.8 Å². The predicted octanol–water partition coefficient (Wildman–Crippen LogP) is 1.27. The molecule has 0 aliphatic heterocycles. The number of hydrogen-bond donors (Lipinski definition) is 1. The molecule has 0 aromatic heterocycles. The third-order valence-electron chi connectivity index (χ3n) is 2.04. The summed E-state index contributed by atoms with van der Waals surface area (Å²) in [6, 6.07) is 4.93. The number of aliphatic hydroxyl groups excluding tert-OH is 1. The van der Waals surface area contributed by atoms with Crippen molar-refractivity contribution in [3.05, 3.63) is 23.8 Å². The van der Waals surface area contributed by atoms with Gasteiger partial charge in [-0.25, -0.2) is 0 Å². The summed E-state index contributed by atoms with van der Waals surface area (Å²) in [5, 5.41) is 8.65. The molecule has 0 bridgehead atoms. The number of carbonyl (C=O) groups is 1. The van der Waals surface area contributed by atoms with Gasteiger partial charge in [0.05, 0.1) is 20.8 Å². The van der Waals surface area contributed by atoms with Crippen molar-refractivity contribution >= 4 is 5.78 Å². The van der Waals surface area contributed by atoms with Gasteiger partial charge < -0.3 is 14.6 Å². The summed E-state index contributed by atoms with van der Waals surface area (Å²) in [7, 11) is 3.05. The van der Waals surface area contributed by atoms with Crippen LogP contribution < -0.4 is 9.47 Å². The standard InChI is InChI=1S/C11H14O4/c1-14-10-4-3-8(7-11(10)15-2)9(13)5-6-12/h3-4,7,12H,5-6H2,1-2H3. The molecule has 0 saturated carbocycles. The Morgan fingerprint density at radius 1 is 1.27 bits per heavy atom. The first-order valence-corrected chi connectivity index (χ1v) is 4.59. The lowest BCUT2D eigenvalue weighted by molar-refractivity contribution is 0.0956. The van der Waals surface area contributed by atoms with E-state index in [1.807, 2.05) is 0 Å². The molecule has 15 heavy (non-hydrogen) atoms. The molecule has 0 unspecified atom stereocenters. The number of benzene rings is 1. The second-order valence-electron chi connectivity index (χ2n) is 2.97. The van der Waals surface area contributed by atoms with Crippen LogP contribution in [0.2, 0.25) is 0 Å². The zero-order chi connectivity index (χ0) is 11.3. The van der Waals surface area contributed by atoms with Gasteiger partial charge >= 0.3 is 0 Å². The van der Waals surface area contributed by atoms with Gasteiger partial charge in [-0.2, -0.15) is 0 Å². The SMILES string of the molecule is COc1ccc(C(=O)CCO)cc1OC. The third kappa shape index (κ3) is 2.70. The number of methoxy groups -OCH3 is 2. The predicted molar refractivity (Wildman–Crippen MR) is 55.6 cm³/mol. The number of rotatable bonds is 5. The minimum absolute atomic E-state index is 0.113. The normalized spacial score (nSPS) is 9.80. The molecule has 4 nitrogen and oxygen atoms in total. The summed E-state index contributed by atoms with van der Waals surface area (Å²) in [5.41, 5.74) is 0.515. The van der Waals surface area contributed by atoms with Crippen LogP contribution in [0.4, 0.5) is 0 Å². The highest BCUT2D eigenvalue weighted by molar-refractivity contribution is 5.96. The number of aliphatic hydroxyl groups is 1. The number of hydrogen-bond acceptors (Lipinski definition) is 4. The molecule has 0 amide bonds. The zero-order valence-electron chi connectivity index (χ0n) is 8.82. The first-order valence-electron chi connectivity index (χ1n) is 4.59. The van der Waals surface area contributed by atoms with Crippen molar-refractivity contribution in [3.63, 3.8) is 0 Å². The van der Waals surface area contributed by atoms with Gasteiger partial charge in [0, 0.05) is 12.0 Å². The lowest BCUT2D eigenvalue weighted by Crippen LogP contribution is -2.02. The fourth-order valence-electron chi connectivity index (χ4n) is 1.26. The molecule has 0 spiro atoms. The maximum Gasteiger partial charge on any atom is 0.165 e. The molecule has 1 aromatic carbocycles. The van der Waals surface area contributed by atoms with Gasteiger partial charge in [0.15, 0.2) is 17.3 Å². The van der Waals surface area contributed by atoms with Gasteiger partial charge in [-0.05, 0) is 18.2 Å². The Bertz CT molecular complexity index is 346. The van der Waals surface area contributed by atoms with Crippen molar-refractivity contribution in [2.45, 2.75) is 6.42 Å². The van der Waals surface area contributed by atoms with Crippen LogP contribution >= 0.6 is 0 Å².